The lowest BCUT2D eigenvalue weighted by atomic mass is 10.4. The van der Waals surface area contributed by atoms with Gasteiger partial charge in [-0.1, -0.05) is 18.2 Å². The SMILES string of the molecule is CN=C(NCCCSc1ccccc1)NCCOC. The van der Waals surface area contributed by atoms with Gasteiger partial charge < -0.3 is 15.4 Å². The lowest BCUT2D eigenvalue weighted by molar-refractivity contribution is 0.203. The Morgan fingerprint density at radius 2 is 1.95 bits per heavy atom. The molecule has 0 aliphatic heterocycles. The predicted molar refractivity (Wildman–Crippen MR) is 83.0 cm³/mol. The van der Waals surface area contributed by atoms with Crippen LogP contribution >= 0.6 is 11.8 Å². The maximum Gasteiger partial charge on any atom is 0.191 e. The van der Waals surface area contributed by atoms with Crippen LogP contribution in [0.4, 0.5) is 0 Å². The van der Waals surface area contributed by atoms with Crippen LogP contribution in [0.25, 0.3) is 0 Å². The van der Waals surface area contributed by atoms with Crippen molar-refractivity contribution in [1.29, 1.82) is 0 Å². The van der Waals surface area contributed by atoms with Gasteiger partial charge in [0.25, 0.3) is 0 Å². The lowest BCUT2D eigenvalue weighted by Gasteiger charge is -2.11. The van der Waals surface area contributed by atoms with Gasteiger partial charge in [-0.25, -0.2) is 0 Å². The van der Waals surface area contributed by atoms with Crippen molar-refractivity contribution in [3.8, 4) is 0 Å². The highest BCUT2D eigenvalue weighted by Crippen LogP contribution is 2.17. The first-order chi connectivity index (χ1) is 9.36. The second kappa shape index (κ2) is 10.7. The summed E-state index contributed by atoms with van der Waals surface area (Å²) in [4.78, 5) is 5.47. The maximum atomic E-state index is 4.98. The summed E-state index contributed by atoms with van der Waals surface area (Å²) in [5.74, 6) is 1.94. The zero-order chi connectivity index (χ0) is 13.8. The second-order valence-electron chi connectivity index (χ2n) is 3.93. The van der Waals surface area contributed by atoms with Crippen molar-refractivity contribution < 1.29 is 4.74 Å². The van der Waals surface area contributed by atoms with E-state index in [1.807, 2.05) is 17.8 Å². The minimum absolute atomic E-state index is 0.685. The van der Waals surface area contributed by atoms with Gasteiger partial charge >= 0.3 is 0 Å². The highest BCUT2D eigenvalue weighted by Gasteiger charge is 1.96. The molecule has 0 radical (unpaired) electrons. The fourth-order valence-corrected chi connectivity index (χ4v) is 2.35. The van der Waals surface area contributed by atoms with Gasteiger partial charge in [0.15, 0.2) is 5.96 Å². The molecule has 0 saturated heterocycles. The van der Waals surface area contributed by atoms with Crippen LogP contribution in [0.15, 0.2) is 40.2 Å². The summed E-state index contributed by atoms with van der Waals surface area (Å²) in [6.07, 6.45) is 1.10. The first-order valence-electron chi connectivity index (χ1n) is 6.48. The molecule has 0 fully saturated rings. The topological polar surface area (TPSA) is 45.7 Å². The van der Waals surface area contributed by atoms with Crippen LogP contribution in [0.5, 0.6) is 0 Å². The Morgan fingerprint density at radius 3 is 2.63 bits per heavy atom. The Bertz CT molecular complexity index is 357. The van der Waals surface area contributed by atoms with Crippen LogP contribution in [0.2, 0.25) is 0 Å². The molecule has 0 saturated carbocycles. The van der Waals surface area contributed by atoms with Crippen LogP contribution in [0.1, 0.15) is 6.42 Å². The van der Waals surface area contributed by atoms with E-state index in [9.17, 15) is 0 Å². The maximum absolute atomic E-state index is 4.98. The van der Waals surface area contributed by atoms with E-state index in [1.54, 1.807) is 14.2 Å². The number of hydrogen-bond donors (Lipinski definition) is 2. The molecule has 0 aliphatic rings. The van der Waals surface area contributed by atoms with E-state index in [0.717, 1.165) is 31.2 Å². The average Bonchev–Trinajstić information content (AvgIpc) is 2.46. The van der Waals surface area contributed by atoms with Gasteiger partial charge in [0, 0.05) is 32.1 Å². The van der Waals surface area contributed by atoms with E-state index < -0.39 is 0 Å². The molecular weight excluding hydrogens is 258 g/mol. The molecule has 0 spiro atoms. The highest BCUT2D eigenvalue weighted by atomic mass is 32.2. The third kappa shape index (κ3) is 7.74. The van der Waals surface area contributed by atoms with Gasteiger partial charge in [0.1, 0.15) is 0 Å². The Labute approximate surface area is 120 Å². The minimum Gasteiger partial charge on any atom is -0.383 e. The van der Waals surface area contributed by atoms with Gasteiger partial charge in [-0.3, -0.25) is 4.99 Å². The summed E-state index contributed by atoms with van der Waals surface area (Å²) >= 11 is 1.88. The smallest absolute Gasteiger partial charge is 0.191 e. The standard InChI is InChI=1S/C14H23N3OS/c1-15-14(17-10-11-18-2)16-9-6-12-19-13-7-4-3-5-8-13/h3-5,7-8H,6,9-12H2,1-2H3,(H2,15,16,17). The zero-order valence-electron chi connectivity index (χ0n) is 11.7. The van der Waals surface area contributed by atoms with Crippen molar-refractivity contribution in [1.82, 2.24) is 10.6 Å². The van der Waals surface area contributed by atoms with Gasteiger partial charge in [-0.15, -0.1) is 11.8 Å². The van der Waals surface area contributed by atoms with Crippen molar-refractivity contribution in [3.05, 3.63) is 30.3 Å². The average molecular weight is 281 g/mol. The molecular formula is C14H23N3OS. The van der Waals surface area contributed by atoms with E-state index in [4.69, 9.17) is 4.74 Å². The van der Waals surface area contributed by atoms with Crippen molar-refractivity contribution in [2.24, 2.45) is 4.99 Å². The molecule has 1 aromatic rings. The first kappa shape index (κ1) is 15.9. The number of rotatable bonds is 8. The van der Waals surface area contributed by atoms with Crippen LogP contribution in [0.3, 0.4) is 0 Å². The molecule has 0 amide bonds. The molecule has 19 heavy (non-hydrogen) atoms. The highest BCUT2D eigenvalue weighted by molar-refractivity contribution is 7.99. The molecule has 0 aromatic heterocycles. The molecule has 0 aliphatic carbocycles. The van der Waals surface area contributed by atoms with Crippen molar-refractivity contribution >= 4 is 17.7 Å². The summed E-state index contributed by atoms with van der Waals surface area (Å²) in [5, 5.41) is 6.47. The van der Waals surface area contributed by atoms with Gasteiger partial charge in [-0.2, -0.15) is 0 Å². The summed E-state index contributed by atoms with van der Waals surface area (Å²) < 4.78 is 4.98. The van der Waals surface area contributed by atoms with Gasteiger partial charge in [0.05, 0.1) is 6.61 Å². The molecule has 0 bridgehead atoms. The largest absolute Gasteiger partial charge is 0.383 e. The van der Waals surface area contributed by atoms with E-state index >= 15 is 0 Å². The quantitative estimate of drug-likeness (QED) is 0.331. The van der Waals surface area contributed by atoms with E-state index in [2.05, 4.69) is 39.9 Å². The van der Waals surface area contributed by atoms with Crippen LogP contribution in [-0.4, -0.2) is 45.6 Å². The third-order valence-electron chi connectivity index (χ3n) is 2.45. The number of aliphatic imine (C=N–C) groups is 1. The van der Waals surface area contributed by atoms with Crippen molar-refractivity contribution in [2.45, 2.75) is 11.3 Å². The molecule has 0 heterocycles. The number of ether oxygens (including phenoxy) is 1. The number of nitrogens with zero attached hydrogens (tertiary/aromatic N) is 1. The van der Waals surface area contributed by atoms with Crippen LogP contribution in [0, 0.1) is 0 Å². The molecule has 1 rings (SSSR count). The Kier molecular flexibility index (Phi) is 8.93. The van der Waals surface area contributed by atoms with Crippen LogP contribution in [-0.2, 0) is 4.74 Å². The second-order valence-corrected chi connectivity index (χ2v) is 5.10. The third-order valence-corrected chi connectivity index (χ3v) is 3.55. The normalized spacial score (nSPS) is 11.4. The number of hydrogen-bond acceptors (Lipinski definition) is 3. The molecule has 5 heteroatoms. The molecule has 1 aromatic carbocycles. The van der Waals surface area contributed by atoms with E-state index in [1.165, 1.54) is 4.90 Å². The summed E-state index contributed by atoms with van der Waals surface area (Å²) in [7, 11) is 3.47. The number of methoxy groups -OCH3 is 1. The Hall–Kier alpha value is -1.20. The van der Waals surface area contributed by atoms with Crippen molar-refractivity contribution in [2.75, 3.05) is 39.6 Å². The molecule has 0 atom stereocenters. The Balaban J connectivity index is 2.06. The number of nitrogens with one attached hydrogen (secondary N) is 2. The summed E-state index contributed by atoms with van der Waals surface area (Å²) in [6, 6.07) is 10.5. The van der Waals surface area contributed by atoms with Crippen LogP contribution < -0.4 is 10.6 Å². The molecule has 2 N–H and O–H groups in total. The predicted octanol–water partition coefficient (Wildman–Crippen LogP) is 1.98. The Morgan fingerprint density at radius 1 is 1.21 bits per heavy atom. The number of guanidine groups is 1. The van der Waals surface area contributed by atoms with Crippen molar-refractivity contribution in [3.63, 3.8) is 0 Å². The van der Waals surface area contributed by atoms with Gasteiger partial charge in [0.2, 0.25) is 0 Å². The monoisotopic (exact) mass is 281 g/mol. The lowest BCUT2D eigenvalue weighted by Crippen LogP contribution is -2.39. The number of thioether (sulfide) groups is 1. The zero-order valence-corrected chi connectivity index (χ0v) is 12.5. The molecule has 4 nitrogen and oxygen atoms in total. The van der Waals surface area contributed by atoms with Gasteiger partial charge in [-0.05, 0) is 24.3 Å². The number of benzene rings is 1. The fourth-order valence-electron chi connectivity index (χ4n) is 1.48. The molecule has 0 unspecified atom stereocenters. The first-order valence-corrected chi connectivity index (χ1v) is 7.46. The summed E-state index contributed by atoms with van der Waals surface area (Å²) in [5.41, 5.74) is 0. The van der Waals surface area contributed by atoms with E-state index in [0.29, 0.717) is 6.61 Å². The van der Waals surface area contributed by atoms with E-state index in [-0.39, 0.29) is 0 Å². The fraction of sp³-hybridized carbons (Fsp3) is 0.500. The minimum atomic E-state index is 0.685. The summed E-state index contributed by atoms with van der Waals surface area (Å²) in [6.45, 7) is 2.38. The molecule has 106 valence electrons.